The molecule has 0 saturated carbocycles. The van der Waals surface area contributed by atoms with Gasteiger partial charge in [-0.2, -0.15) is 0 Å². The van der Waals surface area contributed by atoms with Gasteiger partial charge in [-0.25, -0.2) is 19.9 Å². The number of rotatable bonds is 9. The maximum Gasteiger partial charge on any atom is 0.164 e. The number of hydrogen-bond acceptors (Lipinski definition) is 4. The fraction of sp³-hybridized carbons (Fsp3) is 0. The Hall–Kier alpha value is -9.06. The van der Waals surface area contributed by atoms with Gasteiger partial charge in [0.05, 0.1) is 11.0 Å². The van der Waals surface area contributed by atoms with Crippen LogP contribution in [0.1, 0.15) is 0 Å². The standard InChI is InChI=1S/C62H41N5/c1-4-16-42(17-5-1)43-34-38-47(39-35-43)60-64-59(46-18-6-2-7-19-46)65-61(66-60)50-22-13-21-49(41-50)54-27-15-28-55-53(26-14-29-56(54)55)45-36-32-44(33-37-45)48-20-12-23-51(40-48)62-63-57-30-10-11-31-58(57)67(62)52-24-8-3-9-25-52/h1-41H. The Labute approximate surface area is 389 Å². The van der Waals surface area contributed by atoms with Gasteiger partial charge < -0.3 is 0 Å². The number of hydrogen-bond donors (Lipinski definition) is 0. The molecule has 10 aromatic carbocycles. The van der Waals surface area contributed by atoms with Gasteiger partial charge in [-0.3, -0.25) is 4.57 Å². The largest absolute Gasteiger partial charge is 0.292 e. The molecule has 0 bridgehead atoms. The van der Waals surface area contributed by atoms with E-state index in [1.165, 1.54) is 21.9 Å². The van der Waals surface area contributed by atoms with Crippen molar-refractivity contribution >= 4 is 21.8 Å². The van der Waals surface area contributed by atoms with E-state index in [0.29, 0.717) is 17.5 Å². The van der Waals surface area contributed by atoms with E-state index >= 15 is 0 Å². The fourth-order valence-corrected chi connectivity index (χ4v) is 9.17. The second kappa shape index (κ2) is 17.1. The summed E-state index contributed by atoms with van der Waals surface area (Å²) in [5, 5.41) is 2.36. The maximum atomic E-state index is 5.12. The van der Waals surface area contributed by atoms with E-state index in [1.54, 1.807) is 0 Å². The van der Waals surface area contributed by atoms with Crippen molar-refractivity contribution in [3.63, 3.8) is 0 Å². The Kier molecular flexibility index (Phi) is 10.1. The number of aromatic nitrogens is 5. The quantitative estimate of drug-likeness (QED) is 0.145. The molecule has 0 aliphatic heterocycles. The summed E-state index contributed by atoms with van der Waals surface area (Å²) >= 11 is 0. The summed E-state index contributed by atoms with van der Waals surface area (Å²) < 4.78 is 2.25. The third-order valence-corrected chi connectivity index (χ3v) is 12.5. The molecule has 0 atom stereocenters. The summed E-state index contributed by atoms with van der Waals surface area (Å²) in [6.45, 7) is 0. The lowest BCUT2D eigenvalue weighted by molar-refractivity contribution is 1.07. The summed E-state index contributed by atoms with van der Waals surface area (Å²) in [6, 6.07) is 87.1. The van der Waals surface area contributed by atoms with Gasteiger partial charge in [0.2, 0.25) is 0 Å². The van der Waals surface area contributed by atoms with Crippen LogP contribution >= 0.6 is 0 Å². The molecule has 0 saturated heterocycles. The zero-order valence-corrected chi connectivity index (χ0v) is 36.4. The highest BCUT2D eigenvalue weighted by atomic mass is 15.1. The molecular formula is C62H41N5. The van der Waals surface area contributed by atoms with Gasteiger partial charge in [-0.05, 0) is 91.7 Å². The van der Waals surface area contributed by atoms with Crippen molar-refractivity contribution in [1.29, 1.82) is 0 Å². The first-order valence-electron chi connectivity index (χ1n) is 22.5. The summed E-state index contributed by atoms with van der Waals surface area (Å²) in [6.07, 6.45) is 0. The number of fused-ring (bicyclic) bond motifs is 2. The third kappa shape index (κ3) is 7.64. The van der Waals surface area contributed by atoms with E-state index in [9.17, 15) is 0 Å². The van der Waals surface area contributed by atoms with Crippen LogP contribution < -0.4 is 0 Å². The van der Waals surface area contributed by atoms with Crippen molar-refractivity contribution in [3.8, 4) is 95.7 Å². The summed E-state index contributed by atoms with van der Waals surface area (Å²) in [5.41, 5.74) is 16.2. The molecule has 0 aliphatic carbocycles. The Morgan fingerprint density at radius 2 is 0.672 bits per heavy atom. The number of imidazole rings is 1. The first kappa shape index (κ1) is 39.5. The topological polar surface area (TPSA) is 56.5 Å². The Bertz CT molecular complexity index is 3710. The highest BCUT2D eigenvalue weighted by Crippen LogP contribution is 2.38. The first-order valence-corrected chi connectivity index (χ1v) is 22.5. The second-order valence-electron chi connectivity index (χ2n) is 16.7. The third-order valence-electron chi connectivity index (χ3n) is 12.5. The van der Waals surface area contributed by atoms with Crippen molar-refractivity contribution in [2.75, 3.05) is 0 Å². The van der Waals surface area contributed by atoms with Gasteiger partial charge in [0.1, 0.15) is 5.82 Å². The molecule has 0 fully saturated rings. The highest BCUT2D eigenvalue weighted by Gasteiger charge is 2.17. The van der Waals surface area contributed by atoms with E-state index in [1.807, 2.05) is 48.5 Å². The molecule has 0 spiro atoms. The van der Waals surface area contributed by atoms with Crippen molar-refractivity contribution in [2.24, 2.45) is 0 Å². The van der Waals surface area contributed by atoms with Gasteiger partial charge in [0, 0.05) is 27.9 Å². The molecule has 0 radical (unpaired) electrons. The van der Waals surface area contributed by atoms with Crippen LogP contribution in [0.15, 0.2) is 249 Å². The Morgan fingerprint density at radius 1 is 0.254 bits per heavy atom. The van der Waals surface area contributed by atoms with E-state index in [-0.39, 0.29) is 0 Å². The smallest absolute Gasteiger partial charge is 0.164 e. The van der Waals surface area contributed by atoms with Crippen LogP contribution in [0.25, 0.3) is 118 Å². The average Bonchev–Trinajstić information content (AvgIpc) is 3.81. The molecule has 314 valence electrons. The van der Waals surface area contributed by atoms with E-state index < -0.39 is 0 Å². The molecule has 5 nitrogen and oxygen atoms in total. The van der Waals surface area contributed by atoms with Crippen LogP contribution in [-0.4, -0.2) is 24.5 Å². The predicted molar refractivity (Wildman–Crippen MR) is 275 cm³/mol. The molecule has 12 rings (SSSR count). The minimum Gasteiger partial charge on any atom is -0.292 e. The van der Waals surface area contributed by atoms with Crippen LogP contribution in [0.3, 0.4) is 0 Å². The summed E-state index contributed by atoms with van der Waals surface area (Å²) in [7, 11) is 0. The van der Waals surface area contributed by atoms with Crippen LogP contribution in [-0.2, 0) is 0 Å². The normalized spacial score (nSPS) is 11.3. The van der Waals surface area contributed by atoms with Crippen molar-refractivity contribution in [1.82, 2.24) is 24.5 Å². The average molecular weight is 856 g/mol. The zero-order valence-electron chi connectivity index (χ0n) is 36.4. The maximum absolute atomic E-state index is 5.12. The van der Waals surface area contributed by atoms with Gasteiger partial charge in [-0.15, -0.1) is 0 Å². The van der Waals surface area contributed by atoms with Crippen LogP contribution in [0, 0.1) is 0 Å². The van der Waals surface area contributed by atoms with Gasteiger partial charge >= 0.3 is 0 Å². The van der Waals surface area contributed by atoms with E-state index in [4.69, 9.17) is 19.9 Å². The predicted octanol–water partition coefficient (Wildman–Crippen LogP) is 15.7. The minimum atomic E-state index is 0.624. The van der Waals surface area contributed by atoms with Gasteiger partial charge in [0.25, 0.3) is 0 Å². The molecule has 5 heteroatoms. The lowest BCUT2D eigenvalue weighted by atomic mass is 9.91. The van der Waals surface area contributed by atoms with Crippen molar-refractivity contribution in [2.45, 2.75) is 0 Å². The Morgan fingerprint density at radius 3 is 1.34 bits per heavy atom. The molecular weight excluding hydrogens is 815 g/mol. The molecule has 2 heterocycles. The second-order valence-corrected chi connectivity index (χ2v) is 16.7. The lowest BCUT2D eigenvalue weighted by Gasteiger charge is -2.13. The molecule has 0 N–H and O–H groups in total. The van der Waals surface area contributed by atoms with Crippen LogP contribution in [0.4, 0.5) is 0 Å². The number of benzene rings is 10. The number of para-hydroxylation sites is 3. The summed E-state index contributed by atoms with van der Waals surface area (Å²) in [5.74, 6) is 2.81. The van der Waals surface area contributed by atoms with Crippen LogP contribution in [0.5, 0.6) is 0 Å². The molecule has 0 unspecified atom stereocenters. The van der Waals surface area contributed by atoms with Crippen LogP contribution in [0.2, 0.25) is 0 Å². The van der Waals surface area contributed by atoms with Gasteiger partial charge in [0.15, 0.2) is 17.5 Å². The lowest BCUT2D eigenvalue weighted by Crippen LogP contribution is -2.00. The number of nitrogens with zero attached hydrogens (tertiary/aromatic N) is 5. The Balaban J connectivity index is 0.873. The van der Waals surface area contributed by atoms with Crippen molar-refractivity contribution in [3.05, 3.63) is 249 Å². The molecule has 12 aromatic rings. The van der Waals surface area contributed by atoms with Gasteiger partial charge in [-0.1, -0.05) is 212 Å². The highest BCUT2D eigenvalue weighted by molar-refractivity contribution is 6.05. The van der Waals surface area contributed by atoms with Crippen molar-refractivity contribution < 1.29 is 0 Å². The zero-order chi connectivity index (χ0) is 44.5. The molecule has 2 aromatic heterocycles. The molecule has 0 amide bonds. The monoisotopic (exact) mass is 855 g/mol. The molecule has 0 aliphatic rings. The first-order chi connectivity index (χ1) is 33.2. The summed E-state index contributed by atoms with van der Waals surface area (Å²) in [4.78, 5) is 20.3. The van der Waals surface area contributed by atoms with E-state index in [0.717, 1.165) is 78.2 Å². The molecule has 67 heavy (non-hydrogen) atoms. The minimum absolute atomic E-state index is 0.624. The fourth-order valence-electron chi connectivity index (χ4n) is 9.17. The SMILES string of the molecule is c1ccc(-c2ccc(-c3nc(-c4ccccc4)nc(-c4cccc(-c5cccc6c(-c7ccc(-c8cccc(-c9nc%10ccccc%10n9-c9ccccc9)c8)cc7)cccc56)c4)n3)cc2)cc1. The van der Waals surface area contributed by atoms with E-state index in [2.05, 4.69) is 205 Å².